The lowest BCUT2D eigenvalue weighted by Crippen LogP contribution is -2.30. The SMILES string of the molecule is COc1cc(/C=C2\NC(=S)N(c3ccc(C)c(Cl)c3)C2=O)cc(OC)c1O. The third-order valence-corrected chi connectivity index (χ3v) is 4.80. The Bertz CT molecular complexity index is 949. The average Bonchev–Trinajstić information content (AvgIpc) is 2.92. The fourth-order valence-electron chi connectivity index (χ4n) is 2.65. The molecule has 27 heavy (non-hydrogen) atoms. The monoisotopic (exact) mass is 404 g/mol. The second-order valence-corrected chi connectivity index (χ2v) is 6.63. The number of hydrogen-bond donors (Lipinski definition) is 2. The highest BCUT2D eigenvalue weighted by Gasteiger charge is 2.32. The fourth-order valence-corrected chi connectivity index (χ4v) is 3.13. The Hall–Kier alpha value is -2.77. The molecule has 1 fully saturated rings. The number of rotatable bonds is 4. The van der Waals surface area contributed by atoms with E-state index >= 15 is 0 Å². The molecule has 2 aromatic carbocycles. The summed E-state index contributed by atoms with van der Waals surface area (Å²) >= 11 is 11.5. The Kier molecular flexibility index (Phi) is 5.25. The van der Waals surface area contributed by atoms with Crippen LogP contribution in [0.3, 0.4) is 0 Å². The van der Waals surface area contributed by atoms with Crippen molar-refractivity contribution in [2.24, 2.45) is 0 Å². The topological polar surface area (TPSA) is 71.0 Å². The summed E-state index contributed by atoms with van der Waals surface area (Å²) < 4.78 is 10.3. The maximum Gasteiger partial charge on any atom is 0.281 e. The van der Waals surface area contributed by atoms with E-state index in [0.717, 1.165) is 5.56 Å². The fraction of sp³-hybridized carbons (Fsp3) is 0.158. The number of nitrogens with zero attached hydrogens (tertiary/aromatic N) is 1. The van der Waals surface area contributed by atoms with Gasteiger partial charge in [0.2, 0.25) is 5.75 Å². The van der Waals surface area contributed by atoms with E-state index in [-0.39, 0.29) is 34.0 Å². The number of benzene rings is 2. The molecule has 1 aliphatic heterocycles. The van der Waals surface area contributed by atoms with Crippen molar-refractivity contribution in [1.29, 1.82) is 0 Å². The predicted molar refractivity (Wildman–Crippen MR) is 109 cm³/mol. The van der Waals surface area contributed by atoms with Crippen molar-refractivity contribution in [3.05, 3.63) is 52.2 Å². The molecule has 0 atom stereocenters. The van der Waals surface area contributed by atoms with Gasteiger partial charge in [0.15, 0.2) is 16.6 Å². The predicted octanol–water partition coefficient (Wildman–Crippen LogP) is 3.63. The summed E-state index contributed by atoms with van der Waals surface area (Å²) in [5.74, 6) is 0.0398. The Morgan fingerprint density at radius 2 is 1.81 bits per heavy atom. The molecule has 0 radical (unpaired) electrons. The summed E-state index contributed by atoms with van der Waals surface area (Å²) in [5.41, 5.74) is 2.37. The molecule has 8 heteroatoms. The summed E-state index contributed by atoms with van der Waals surface area (Å²) in [6.45, 7) is 1.88. The first-order valence-electron chi connectivity index (χ1n) is 7.94. The second-order valence-electron chi connectivity index (χ2n) is 5.84. The molecular formula is C19H17ClN2O4S. The van der Waals surface area contributed by atoms with Crippen LogP contribution in [0.2, 0.25) is 5.02 Å². The quantitative estimate of drug-likeness (QED) is 0.599. The van der Waals surface area contributed by atoms with Crippen molar-refractivity contribution in [1.82, 2.24) is 5.32 Å². The van der Waals surface area contributed by atoms with Crippen LogP contribution in [0.4, 0.5) is 5.69 Å². The first-order valence-corrected chi connectivity index (χ1v) is 8.72. The first kappa shape index (κ1) is 19.0. The van der Waals surface area contributed by atoms with Crippen molar-refractivity contribution < 1.29 is 19.4 Å². The number of amides is 1. The summed E-state index contributed by atoms with van der Waals surface area (Å²) in [6, 6.07) is 8.48. The van der Waals surface area contributed by atoms with Gasteiger partial charge in [-0.1, -0.05) is 17.7 Å². The van der Waals surface area contributed by atoms with E-state index in [9.17, 15) is 9.90 Å². The van der Waals surface area contributed by atoms with Gasteiger partial charge in [-0.2, -0.15) is 0 Å². The highest BCUT2D eigenvalue weighted by molar-refractivity contribution is 7.80. The molecule has 6 nitrogen and oxygen atoms in total. The molecule has 1 heterocycles. The van der Waals surface area contributed by atoms with Crippen LogP contribution in [0.25, 0.3) is 6.08 Å². The number of aryl methyl sites for hydroxylation is 1. The minimum atomic E-state index is -0.314. The highest BCUT2D eigenvalue weighted by atomic mass is 35.5. The molecule has 3 rings (SSSR count). The van der Waals surface area contributed by atoms with Crippen LogP contribution in [0.1, 0.15) is 11.1 Å². The van der Waals surface area contributed by atoms with Crippen LogP contribution >= 0.6 is 23.8 Å². The lowest BCUT2D eigenvalue weighted by atomic mass is 10.1. The number of methoxy groups -OCH3 is 2. The van der Waals surface area contributed by atoms with E-state index < -0.39 is 0 Å². The van der Waals surface area contributed by atoms with Crippen molar-refractivity contribution >= 4 is 46.6 Å². The molecule has 1 aliphatic rings. The Balaban J connectivity index is 1.98. The number of thiocarbonyl (C=S) groups is 1. The molecule has 0 saturated carbocycles. The Labute approximate surface area is 167 Å². The lowest BCUT2D eigenvalue weighted by molar-refractivity contribution is -0.113. The van der Waals surface area contributed by atoms with E-state index in [1.807, 2.05) is 13.0 Å². The van der Waals surface area contributed by atoms with Crippen LogP contribution in [0.5, 0.6) is 17.2 Å². The molecule has 2 aromatic rings. The minimum absolute atomic E-state index is 0.112. The molecule has 1 amide bonds. The van der Waals surface area contributed by atoms with Gasteiger partial charge in [0.1, 0.15) is 5.70 Å². The molecule has 0 unspecified atom stereocenters. The van der Waals surface area contributed by atoms with Gasteiger partial charge in [-0.25, -0.2) is 0 Å². The number of phenols is 1. The van der Waals surface area contributed by atoms with Gasteiger partial charge in [0.25, 0.3) is 5.91 Å². The molecule has 0 bridgehead atoms. The van der Waals surface area contributed by atoms with Crippen LogP contribution in [-0.2, 0) is 4.79 Å². The Morgan fingerprint density at radius 3 is 2.37 bits per heavy atom. The molecule has 0 aliphatic carbocycles. The van der Waals surface area contributed by atoms with E-state index in [1.165, 1.54) is 19.1 Å². The number of halogens is 1. The average molecular weight is 405 g/mol. The molecule has 0 aromatic heterocycles. The van der Waals surface area contributed by atoms with Gasteiger partial charge >= 0.3 is 0 Å². The number of aromatic hydroxyl groups is 1. The molecule has 1 saturated heterocycles. The molecule has 2 N–H and O–H groups in total. The van der Waals surface area contributed by atoms with Gasteiger partial charge < -0.3 is 19.9 Å². The van der Waals surface area contributed by atoms with E-state index in [1.54, 1.807) is 30.3 Å². The third-order valence-electron chi connectivity index (χ3n) is 4.10. The highest BCUT2D eigenvalue weighted by Crippen LogP contribution is 2.38. The zero-order chi connectivity index (χ0) is 19.7. The number of phenolic OH excluding ortho intramolecular Hbond substituents is 1. The van der Waals surface area contributed by atoms with E-state index in [0.29, 0.717) is 16.3 Å². The maximum atomic E-state index is 12.8. The van der Waals surface area contributed by atoms with Crippen molar-refractivity contribution in [3.63, 3.8) is 0 Å². The van der Waals surface area contributed by atoms with Crippen molar-refractivity contribution in [3.8, 4) is 17.2 Å². The molecular weight excluding hydrogens is 388 g/mol. The summed E-state index contributed by atoms with van der Waals surface area (Å²) in [4.78, 5) is 14.2. The first-order chi connectivity index (χ1) is 12.8. The van der Waals surface area contributed by atoms with Crippen LogP contribution in [0.15, 0.2) is 36.0 Å². The number of ether oxygens (including phenoxy) is 2. The van der Waals surface area contributed by atoms with E-state index in [4.69, 9.17) is 33.3 Å². The number of hydrogen-bond acceptors (Lipinski definition) is 5. The van der Waals surface area contributed by atoms with Crippen LogP contribution < -0.4 is 19.7 Å². The smallest absolute Gasteiger partial charge is 0.281 e. The van der Waals surface area contributed by atoms with Gasteiger partial charge in [-0.15, -0.1) is 0 Å². The number of carbonyl (C=O) groups excluding carboxylic acids is 1. The van der Waals surface area contributed by atoms with Gasteiger partial charge in [0.05, 0.1) is 19.9 Å². The number of anilines is 1. The molecule has 140 valence electrons. The second kappa shape index (κ2) is 7.46. The van der Waals surface area contributed by atoms with Gasteiger partial charge in [-0.3, -0.25) is 9.69 Å². The lowest BCUT2D eigenvalue weighted by Gasteiger charge is -2.15. The van der Waals surface area contributed by atoms with Gasteiger partial charge in [-0.05, 0) is 60.6 Å². The summed E-state index contributed by atoms with van der Waals surface area (Å²) in [7, 11) is 2.87. The molecule has 0 spiro atoms. The number of nitrogens with one attached hydrogen (secondary N) is 1. The maximum absolute atomic E-state index is 12.8. The summed E-state index contributed by atoms with van der Waals surface area (Å²) in [5, 5.41) is 13.7. The van der Waals surface area contributed by atoms with Crippen LogP contribution in [0, 0.1) is 6.92 Å². The number of carbonyl (C=O) groups is 1. The standard InChI is InChI=1S/C19H17ClN2O4S/c1-10-4-5-12(9-13(10)20)22-18(24)14(21-19(22)27)6-11-7-15(25-2)17(23)16(8-11)26-3/h4-9,23H,1-3H3,(H,21,27)/b14-6-. The Morgan fingerprint density at radius 1 is 1.19 bits per heavy atom. The zero-order valence-corrected chi connectivity index (χ0v) is 16.4. The van der Waals surface area contributed by atoms with E-state index in [2.05, 4.69) is 5.32 Å². The zero-order valence-electron chi connectivity index (χ0n) is 14.9. The largest absolute Gasteiger partial charge is 0.502 e. The van der Waals surface area contributed by atoms with Crippen molar-refractivity contribution in [2.75, 3.05) is 19.1 Å². The third kappa shape index (κ3) is 3.56. The van der Waals surface area contributed by atoms with Crippen LogP contribution in [-0.4, -0.2) is 30.3 Å². The normalized spacial score (nSPS) is 15.3. The van der Waals surface area contributed by atoms with Gasteiger partial charge in [0, 0.05) is 5.02 Å². The van der Waals surface area contributed by atoms with Crippen molar-refractivity contribution in [2.45, 2.75) is 6.92 Å². The minimum Gasteiger partial charge on any atom is -0.502 e. The summed E-state index contributed by atoms with van der Waals surface area (Å²) in [6.07, 6.45) is 1.61.